The summed E-state index contributed by atoms with van der Waals surface area (Å²) in [5, 5.41) is 15.2. The molecule has 1 aliphatic rings. The molecule has 0 spiro atoms. The zero-order chi connectivity index (χ0) is 76.4. The van der Waals surface area contributed by atoms with Gasteiger partial charge in [-0.15, -0.1) is 11.3 Å². The van der Waals surface area contributed by atoms with E-state index < -0.39 is 59.5 Å². The highest BCUT2D eigenvalue weighted by atomic mass is 35.5. The maximum Gasteiger partial charge on any atom is 0.408 e. The van der Waals surface area contributed by atoms with Crippen LogP contribution in [0.5, 0.6) is 28.9 Å². The zero-order valence-electron chi connectivity index (χ0n) is 61.9. The number of thiophene rings is 1. The number of rotatable bonds is 33. The highest BCUT2D eigenvalue weighted by Gasteiger charge is 2.34. The van der Waals surface area contributed by atoms with Gasteiger partial charge in [0, 0.05) is 67.0 Å². The number of halogens is 2. The number of quaternary nitrogens is 1. The molecule has 107 heavy (non-hydrogen) atoms. The number of para-hydroxylation sites is 2. The largest absolute Gasteiger partial charge is 0.497 e. The number of nitrogens with one attached hydrogen (secondary N) is 5. The molecule has 0 aliphatic carbocycles. The normalized spacial score (nSPS) is 13.7. The first-order chi connectivity index (χ1) is 51.4. The Morgan fingerprint density at radius 3 is 2.23 bits per heavy atom. The van der Waals surface area contributed by atoms with E-state index in [2.05, 4.69) is 43.5 Å². The van der Waals surface area contributed by atoms with Gasteiger partial charge in [-0.3, -0.25) is 14.5 Å². The molecule has 4 heterocycles. The second kappa shape index (κ2) is 36.7. The van der Waals surface area contributed by atoms with E-state index in [0.29, 0.717) is 109 Å². The number of carbonyl (C=O) groups is 5. The van der Waals surface area contributed by atoms with Crippen LogP contribution in [0.15, 0.2) is 146 Å². The maximum atomic E-state index is 14.7. The molecule has 6 aromatic carbocycles. The second-order valence-electron chi connectivity index (χ2n) is 27.7. The quantitative estimate of drug-likeness (QED) is 0.0127. The van der Waals surface area contributed by atoms with Crippen LogP contribution in [0.25, 0.3) is 43.2 Å². The Balaban J connectivity index is 0.832. The molecule has 9 aromatic rings. The van der Waals surface area contributed by atoms with Crippen molar-refractivity contribution in [1.82, 2.24) is 46.1 Å². The average Bonchev–Trinajstić information content (AvgIpc) is 1.59. The van der Waals surface area contributed by atoms with Crippen molar-refractivity contribution in [3.63, 3.8) is 0 Å². The number of hydrogen-bond donors (Lipinski definition) is 6. The number of piperazine rings is 1. The van der Waals surface area contributed by atoms with Crippen molar-refractivity contribution in [3.8, 4) is 61.8 Å². The summed E-state index contributed by atoms with van der Waals surface area (Å²) in [4.78, 5) is 89.2. The summed E-state index contributed by atoms with van der Waals surface area (Å²) in [6, 6.07) is 36.9. The third-order valence-electron chi connectivity index (χ3n) is 18.2. The molecule has 0 radical (unpaired) electrons. The first-order valence-corrected chi connectivity index (χ1v) is 36.6. The highest BCUT2D eigenvalue weighted by molar-refractivity contribution is 7.22. The summed E-state index contributed by atoms with van der Waals surface area (Å²) in [5.74, 6) is 0.373. The van der Waals surface area contributed by atoms with Crippen molar-refractivity contribution in [2.75, 3.05) is 79.5 Å². The van der Waals surface area contributed by atoms with Gasteiger partial charge < -0.3 is 70.0 Å². The van der Waals surface area contributed by atoms with Crippen molar-refractivity contribution in [2.45, 2.75) is 111 Å². The van der Waals surface area contributed by atoms with Crippen LogP contribution in [0, 0.1) is 18.7 Å². The summed E-state index contributed by atoms with van der Waals surface area (Å²) < 4.78 is 57.8. The number of esters is 1. The minimum absolute atomic E-state index is 0.00980. The van der Waals surface area contributed by atoms with Crippen LogP contribution in [0.4, 0.5) is 19.7 Å². The molecule has 7 N–H and O–H groups in total. The number of methoxy groups -OCH3 is 2. The second-order valence-corrected chi connectivity index (χ2v) is 29.1. The lowest BCUT2D eigenvalue weighted by molar-refractivity contribution is -0.926. The van der Waals surface area contributed by atoms with Gasteiger partial charge in [0.25, 0.3) is 0 Å². The highest BCUT2D eigenvalue weighted by Crippen LogP contribution is 2.50. The molecule has 1 aliphatic heterocycles. The van der Waals surface area contributed by atoms with Crippen LogP contribution in [-0.4, -0.2) is 157 Å². The van der Waals surface area contributed by atoms with E-state index in [9.17, 15) is 28.4 Å². The van der Waals surface area contributed by atoms with E-state index in [1.165, 1.54) is 29.8 Å². The van der Waals surface area contributed by atoms with E-state index in [1.807, 2.05) is 105 Å². The first kappa shape index (κ1) is 79.1. The third kappa shape index (κ3) is 21.4. The van der Waals surface area contributed by atoms with Crippen LogP contribution in [-0.2, 0) is 56.6 Å². The van der Waals surface area contributed by atoms with Gasteiger partial charge in [-0.25, -0.2) is 38.7 Å². The predicted octanol–water partition coefficient (Wildman–Crippen LogP) is 12.4. The number of benzene rings is 6. The van der Waals surface area contributed by atoms with Crippen LogP contribution in [0.3, 0.4) is 0 Å². The van der Waals surface area contributed by atoms with Crippen molar-refractivity contribution in [1.29, 1.82) is 0 Å². The van der Waals surface area contributed by atoms with Crippen molar-refractivity contribution in [2.24, 2.45) is 11.7 Å². The first-order valence-electron chi connectivity index (χ1n) is 35.4. The van der Waals surface area contributed by atoms with Crippen LogP contribution in [0.2, 0.25) is 5.02 Å². The SMILES string of the molecule is CNCc1cc(NC(=O)[C@H](CCCNC(N)=O)NC(=O)[C@@H](NC(=O)OC(C)(C)C)C(C)C)ccc1C[N+]1(C)CCN(CCOc2ccc(-c3c(-c4ccc(F)cc4)sc4ncnc(O[C@H](Cc5ccccc5OCc5ccnc(-c6ccccc6OC)n5)C(=O)OCc5ccc(OC)cc5)c34)c(C)c2Cl)CC1. The molecular weight excluding hydrogens is 1410 g/mol. The smallest absolute Gasteiger partial charge is 0.408 e. The van der Waals surface area contributed by atoms with Crippen LogP contribution < -0.4 is 56.0 Å². The molecule has 1 saturated heterocycles. The number of hydrogen-bond acceptors (Lipinski definition) is 19. The van der Waals surface area contributed by atoms with E-state index in [4.69, 9.17) is 65.4 Å². The van der Waals surface area contributed by atoms with Crippen molar-refractivity contribution < 1.29 is 66.0 Å². The summed E-state index contributed by atoms with van der Waals surface area (Å²) in [6.45, 7) is 16.4. The Kier molecular flexibility index (Phi) is 27.1. The number of nitrogens with zero attached hydrogens (tertiary/aromatic N) is 6. The molecular formula is C80H93ClFN12O12S+. The van der Waals surface area contributed by atoms with E-state index in [0.717, 1.165) is 64.3 Å². The summed E-state index contributed by atoms with van der Waals surface area (Å²) >= 11 is 8.74. The molecule has 24 nitrogen and oxygen atoms in total. The molecule has 0 unspecified atom stereocenters. The van der Waals surface area contributed by atoms with Gasteiger partial charge >= 0.3 is 18.1 Å². The number of amides is 5. The molecule has 27 heteroatoms. The third-order valence-corrected chi connectivity index (χ3v) is 19.9. The van der Waals surface area contributed by atoms with E-state index >= 15 is 0 Å². The lowest BCUT2D eigenvalue weighted by Gasteiger charge is -2.42. The minimum atomic E-state index is -1.29. The van der Waals surface area contributed by atoms with Gasteiger partial charge in [0.1, 0.15) is 84.0 Å². The Morgan fingerprint density at radius 1 is 0.785 bits per heavy atom. The maximum absolute atomic E-state index is 14.7. The summed E-state index contributed by atoms with van der Waals surface area (Å²) in [5.41, 5.74) is 12.6. The number of likely N-dealkylation sites (N-methyl/N-ethyl adjacent to an activating group) is 1. The fraction of sp³-hybridized carbons (Fsp3) is 0.362. The van der Waals surface area contributed by atoms with Gasteiger partial charge in [0.05, 0.1) is 56.0 Å². The number of carbonyl (C=O) groups excluding carboxylic acids is 5. The van der Waals surface area contributed by atoms with Gasteiger partial charge in [-0.2, -0.15) is 0 Å². The van der Waals surface area contributed by atoms with E-state index in [-0.39, 0.29) is 44.4 Å². The summed E-state index contributed by atoms with van der Waals surface area (Å²) in [6.07, 6.45) is 1.49. The minimum Gasteiger partial charge on any atom is -0.497 e. The number of aromatic nitrogens is 4. The monoisotopic (exact) mass is 1500 g/mol. The molecule has 5 amide bonds. The molecule has 0 bridgehead atoms. The Morgan fingerprint density at radius 2 is 1.52 bits per heavy atom. The van der Waals surface area contributed by atoms with E-state index in [1.54, 1.807) is 85.4 Å². The molecule has 3 aromatic heterocycles. The fourth-order valence-electron chi connectivity index (χ4n) is 12.5. The lowest BCUT2D eigenvalue weighted by Crippen LogP contribution is -2.57. The number of nitrogens with two attached hydrogens (primary N) is 1. The number of ether oxygens (including phenoxy) is 7. The lowest BCUT2D eigenvalue weighted by atomic mass is 9.96. The van der Waals surface area contributed by atoms with Crippen molar-refractivity contribution in [3.05, 3.63) is 190 Å². The predicted molar refractivity (Wildman–Crippen MR) is 410 cm³/mol. The number of fused-ring (bicyclic) bond motifs is 1. The number of urea groups is 1. The Bertz CT molecular complexity index is 4570. The standard InChI is InChI=1S/C80H92ClFN12O12S/c1-49(2)70(92-79(99)106-80(4,5)6)74(96)91-62(18-15-34-86-78(83)98)73(95)90-57-28-25-54(55(42-57)44-84-7)45-94(8)39-36-93(37-40-94)38-41-102-65-32-31-60(50(3)69(65)81)67-68-75(87-48-88-76(68)107-71(67)52-23-26-56(82)27-24-52)105-66(77(97)104-46-51-21-29-59(100-9)30-22-51)43-53-16-11-13-19-63(53)103-47-58-33-35-85-72(89-58)61-17-12-14-20-64(61)101-10/h11-14,16-17,19-33,35,42,48-49,62,66,70,84H,15,18,34,36-41,43-47H2,1-10H3,(H5-,83,86,90,91,92,95,96,98,99)/p+1/t62-,66+,70-/m0/s1. The number of primary amides is 1. The van der Waals surface area contributed by atoms with Gasteiger partial charge in [-0.1, -0.05) is 92.2 Å². The fourth-order valence-corrected chi connectivity index (χ4v) is 13.9. The van der Waals surface area contributed by atoms with Gasteiger partial charge in [0.15, 0.2) is 5.82 Å². The topological polar surface area (TPSA) is 291 Å². The van der Waals surface area contributed by atoms with Gasteiger partial charge in [0.2, 0.25) is 23.8 Å². The van der Waals surface area contributed by atoms with Crippen LogP contribution in [0.1, 0.15) is 81.0 Å². The molecule has 0 saturated carbocycles. The Labute approximate surface area is 631 Å². The van der Waals surface area contributed by atoms with Crippen molar-refractivity contribution >= 4 is 68.7 Å². The molecule has 10 rings (SSSR count). The molecule has 1 fully saturated rings. The number of anilines is 1. The Hall–Kier alpha value is -10.5. The average molecular weight is 1500 g/mol. The van der Waals surface area contributed by atoms with Crippen LogP contribution >= 0.6 is 22.9 Å². The summed E-state index contributed by atoms with van der Waals surface area (Å²) in [7, 11) is 7.29. The zero-order valence-corrected chi connectivity index (χ0v) is 63.5. The van der Waals surface area contributed by atoms with Gasteiger partial charge in [-0.05, 0) is 154 Å². The number of alkyl carbamates (subject to hydrolysis) is 1. The molecule has 564 valence electrons. The molecule has 3 atom stereocenters.